The molecule has 0 unspecified atom stereocenters. The van der Waals surface area contributed by atoms with E-state index in [2.05, 4.69) is 27.2 Å². The van der Waals surface area contributed by atoms with Gasteiger partial charge in [0.2, 0.25) is 0 Å². The van der Waals surface area contributed by atoms with E-state index in [1.807, 2.05) is 42.2 Å². The Labute approximate surface area is 254 Å². The first-order chi connectivity index (χ1) is 21.4. The Morgan fingerprint density at radius 1 is 1.05 bits per heavy atom. The number of ether oxygens (including phenoxy) is 1. The van der Waals surface area contributed by atoms with Gasteiger partial charge < -0.3 is 20.1 Å². The number of halogens is 1. The first-order valence-electron chi connectivity index (χ1n) is 15.9. The molecule has 44 heavy (non-hydrogen) atoms. The van der Waals surface area contributed by atoms with E-state index in [9.17, 15) is 9.50 Å². The zero-order chi connectivity index (χ0) is 29.6. The number of phenols is 1. The second kappa shape index (κ2) is 9.74. The Morgan fingerprint density at radius 3 is 2.75 bits per heavy atom. The standard InChI is InChI=1S/C34H36FN7O2/c1-40-18-28-30-29(13-27(31(28)39-40)26-12-24(43)11-20-5-2-3-6-25(20)26)37-33(38-32(30)41-16-22-7-8-23(17-41)36-22)44-19-34-9-4-10-42(34)15-21(35)14-34/h2-3,5-6,11-13,18,21-23,36,43H,4,7-10,14-17,19H2,1H3/t21-,22-,23+,34+/m1/s1. The van der Waals surface area contributed by atoms with Gasteiger partial charge in [0.1, 0.15) is 29.9 Å². The highest BCUT2D eigenvalue weighted by molar-refractivity contribution is 6.17. The van der Waals surface area contributed by atoms with E-state index in [0.717, 1.165) is 94.8 Å². The Kier molecular flexibility index (Phi) is 5.84. The number of phenolic OH excluding ortho intramolecular Hbond substituents is 1. The van der Waals surface area contributed by atoms with Crippen LogP contribution < -0.4 is 15.0 Å². The number of aromatic nitrogens is 4. The van der Waals surface area contributed by atoms with Crippen molar-refractivity contribution in [1.82, 2.24) is 30.0 Å². The summed E-state index contributed by atoms with van der Waals surface area (Å²) in [6, 6.07) is 14.9. The molecule has 0 spiro atoms. The third-order valence-electron chi connectivity index (χ3n) is 10.4. The van der Waals surface area contributed by atoms with Crippen molar-refractivity contribution in [2.24, 2.45) is 7.05 Å². The molecule has 10 heteroatoms. The number of anilines is 1. The lowest BCUT2D eigenvalue weighted by atomic mass is 9.94. The number of fused-ring (bicyclic) bond motifs is 7. The third kappa shape index (κ3) is 4.14. The van der Waals surface area contributed by atoms with Crippen LogP contribution in [0.3, 0.4) is 0 Å². The van der Waals surface area contributed by atoms with Crippen LogP contribution in [0.2, 0.25) is 0 Å². The summed E-state index contributed by atoms with van der Waals surface area (Å²) in [7, 11) is 1.94. The normalized spacial score (nSPS) is 26.8. The molecule has 4 aliphatic heterocycles. The van der Waals surface area contributed by atoms with E-state index < -0.39 is 6.17 Å². The molecule has 9 rings (SSSR count). The number of aromatic hydroxyl groups is 1. The monoisotopic (exact) mass is 593 g/mol. The van der Waals surface area contributed by atoms with Crippen LogP contribution in [0.15, 0.2) is 48.7 Å². The van der Waals surface area contributed by atoms with E-state index in [1.54, 1.807) is 6.07 Å². The highest BCUT2D eigenvalue weighted by atomic mass is 19.1. The summed E-state index contributed by atoms with van der Waals surface area (Å²) in [5.41, 5.74) is 3.12. The number of aryl methyl sites for hydroxylation is 1. The summed E-state index contributed by atoms with van der Waals surface area (Å²) < 4.78 is 22.9. The molecule has 2 bridgehead atoms. The van der Waals surface area contributed by atoms with Crippen LogP contribution in [-0.4, -0.2) is 86.3 Å². The Morgan fingerprint density at radius 2 is 1.89 bits per heavy atom. The van der Waals surface area contributed by atoms with Crippen LogP contribution >= 0.6 is 0 Å². The predicted molar refractivity (Wildman–Crippen MR) is 169 cm³/mol. The molecule has 4 atom stereocenters. The maximum atomic E-state index is 14.5. The molecule has 0 aliphatic carbocycles. The van der Waals surface area contributed by atoms with Crippen LogP contribution in [0.25, 0.3) is 43.7 Å². The smallest absolute Gasteiger partial charge is 0.319 e. The van der Waals surface area contributed by atoms with Gasteiger partial charge >= 0.3 is 6.01 Å². The van der Waals surface area contributed by atoms with Crippen molar-refractivity contribution in [3.63, 3.8) is 0 Å². The van der Waals surface area contributed by atoms with Gasteiger partial charge in [-0.25, -0.2) is 4.39 Å². The number of alkyl halides is 1. The van der Waals surface area contributed by atoms with Gasteiger partial charge in [0, 0.05) is 62.3 Å². The molecule has 9 nitrogen and oxygen atoms in total. The second-order valence-electron chi connectivity index (χ2n) is 13.3. The Hall–Kier alpha value is -4.02. The van der Waals surface area contributed by atoms with Gasteiger partial charge in [-0.15, -0.1) is 0 Å². The fourth-order valence-corrected chi connectivity index (χ4v) is 8.52. The molecule has 5 aromatic rings. The van der Waals surface area contributed by atoms with Crippen molar-refractivity contribution in [2.45, 2.75) is 55.9 Å². The van der Waals surface area contributed by atoms with Crippen molar-refractivity contribution in [1.29, 1.82) is 0 Å². The molecule has 4 fully saturated rings. The molecule has 4 saturated heterocycles. The third-order valence-corrected chi connectivity index (χ3v) is 10.4. The highest BCUT2D eigenvalue weighted by Crippen LogP contribution is 2.43. The summed E-state index contributed by atoms with van der Waals surface area (Å²) in [4.78, 5) is 14.8. The van der Waals surface area contributed by atoms with Crippen molar-refractivity contribution >= 4 is 38.4 Å². The van der Waals surface area contributed by atoms with Gasteiger partial charge in [0.05, 0.1) is 16.4 Å². The second-order valence-corrected chi connectivity index (χ2v) is 13.3. The number of rotatable bonds is 5. The number of hydrogen-bond donors (Lipinski definition) is 2. The zero-order valence-corrected chi connectivity index (χ0v) is 24.8. The molecule has 226 valence electrons. The molecule has 2 aromatic heterocycles. The maximum Gasteiger partial charge on any atom is 0.319 e. The molecule has 4 aliphatic rings. The van der Waals surface area contributed by atoms with E-state index in [0.29, 0.717) is 37.7 Å². The molecule has 0 saturated carbocycles. The molecule has 6 heterocycles. The van der Waals surface area contributed by atoms with Crippen LogP contribution in [0.4, 0.5) is 10.2 Å². The van der Waals surface area contributed by atoms with Crippen molar-refractivity contribution < 1.29 is 14.2 Å². The van der Waals surface area contributed by atoms with Crippen LogP contribution in [0.5, 0.6) is 11.8 Å². The van der Waals surface area contributed by atoms with Crippen LogP contribution in [0, 0.1) is 0 Å². The fourth-order valence-electron chi connectivity index (χ4n) is 8.52. The van der Waals surface area contributed by atoms with E-state index in [-0.39, 0.29) is 11.3 Å². The summed E-state index contributed by atoms with van der Waals surface area (Å²) >= 11 is 0. The summed E-state index contributed by atoms with van der Waals surface area (Å²) in [6.07, 6.45) is 6.04. The van der Waals surface area contributed by atoms with Gasteiger partial charge in [-0.1, -0.05) is 24.3 Å². The minimum atomic E-state index is -0.818. The largest absolute Gasteiger partial charge is 0.508 e. The molecular weight excluding hydrogens is 557 g/mol. The minimum Gasteiger partial charge on any atom is -0.508 e. The number of benzene rings is 3. The van der Waals surface area contributed by atoms with Crippen molar-refractivity contribution in [3.8, 4) is 22.9 Å². The molecule has 2 N–H and O–H groups in total. The summed E-state index contributed by atoms with van der Waals surface area (Å²) in [5.74, 6) is 1.07. The van der Waals surface area contributed by atoms with Gasteiger partial charge in [-0.3, -0.25) is 9.58 Å². The lowest BCUT2D eigenvalue weighted by Gasteiger charge is -2.35. The minimum absolute atomic E-state index is 0.203. The number of nitrogens with zero attached hydrogens (tertiary/aromatic N) is 6. The highest BCUT2D eigenvalue weighted by Gasteiger charge is 2.49. The maximum absolute atomic E-state index is 14.5. The quantitative estimate of drug-likeness (QED) is 0.296. The fraction of sp³-hybridized carbons (Fsp3) is 0.441. The average molecular weight is 594 g/mol. The molecular formula is C34H36FN7O2. The zero-order valence-electron chi connectivity index (χ0n) is 24.8. The number of hydrogen-bond acceptors (Lipinski definition) is 8. The summed E-state index contributed by atoms with van der Waals surface area (Å²) in [6.45, 7) is 3.51. The van der Waals surface area contributed by atoms with Crippen LogP contribution in [0.1, 0.15) is 32.1 Å². The van der Waals surface area contributed by atoms with Gasteiger partial charge in [0.25, 0.3) is 0 Å². The number of nitrogens with one attached hydrogen (secondary N) is 1. The molecule has 0 radical (unpaired) electrons. The first kappa shape index (κ1) is 26.4. The van der Waals surface area contributed by atoms with Gasteiger partial charge in [-0.2, -0.15) is 15.1 Å². The van der Waals surface area contributed by atoms with E-state index in [4.69, 9.17) is 19.8 Å². The van der Waals surface area contributed by atoms with Crippen LogP contribution in [-0.2, 0) is 7.05 Å². The predicted octanol–water partition coefficient (Wildman–Crippen LogP) is 4.94. The van der Waals surface area contributed by atoms with Crippen molar-refractivity contribution in [2.75, 3.05) is 37.7 Å². The average Bonchev–Trinajstić information content (AvgIpc) is 3.76. The Bertz CT molecular complexity index is 1930. The molecule has 3 aromatic carbocycles. The molecule has 0 amide bonds. The van der Waals surface area contributed by atoms with Gasteiger partial charge in [-0.05, 0) is 66.8 Å². The lowest BCUT2D eigenvalue weighted by molar-refractivity contribution is 0.107. The first-order valence-corrected chi connectivity index (χ1v) is 15.9. The Balaban J connectivity index is 1.24. The van der Waals surface area contributed by atoms with Gasteiger partial charge in [0.15, 0.2) is 0 Å². The van der Waals surface area contributed by atoms with E-state index >= 15 is 0 Å². The topological polar surface area (TPSA) is 91.6 Å². The summed E-state index contributed by atoms with van der Waals surface area (Å²) in [5, 5.41) is 23.3. The lowest BCUT2D eigenvalue weighted by Crippen LogP contribution is -2.51. The van der Waals surface area contributed by atoms with E-state index in [1.165, 1.54) is 0 Å². The number of piperazine rings is 1. The van der Waals surface area contributed by atoms with Crippen molar-refractivity contribution in [3.05, 3.63) is 48.7 Å². The SMILES string of the molecule is Cn1cc2c(n1)c(-c1cc(O)cc3ccccc13)cc1nc(OC[C@@]34CCCN3C[C@H](F)C4)nc(N3C[C@H]4CC[C@@H](C3)N4)c12.